The molecule has 0 saturated heterocycles. The lowest BCUT2D eigenvalue weighted by Gasteiger charge is -2.26. The molecule has 2 aromatic rings. The third kappa shape index (κ3) is 4.14. The van der Waals surface area contributed by atoms with E-state index in [9.17, 15) is 13.2 Å². The number of hydrogen-bond donors (Lipinski definition) is 2. The van der Waals surface area contributed by atoms with Crippen LogP contribution in [0.4, 0.5) is 0 Å². The highest BCUT2D eigenvalue weighted by atomic mass is 32.2. The van der Waals surface area contributed by atoms with Gasteiger partial charge in [0.1, 0.15) is 5.75 Å². The maximum absolute atomic E-state index is 13.0. The van der Waals surface area contributed by atoms with Gasteiger partial charge in [-0.1, -0.05) is 24.3 Å². The van der Waals surface area contributed by atoms with Crippen molar-refractivity contribution in [2.24, 2.45) is 0 Å². The Morgan fingerprint density at radius 3 is 2.74 bits per heavy atom. The number of ether oxygens (including phenoxy) is 1. The van der Waals surface area contributed by atoms with E-state index in [2.05, 4.69) is 10.0 Å². The summed E-state index contributed by atoms with van der Waals surface area (Å²) in [6.45, 7) is 2.24. The first kappa shape index (κ1) is 19.4. The molecule has 1 amide bonds. The fraction of sp³-hybridized carbons (Fsp3) is 0.350. The van der Waals surface area contributed by atoms with Crippen LogP contribution in [0, 0.1) is 0 Å². The molecule has 7 heteroatoms. The molecule has 0 unspecified atom stereocenters. The van der Waals surface area contributed by atoms with E-state index in [1.807, 2.05) is 24.3 Å². The highest BCUT2D eigenvalue weighted by molar-refractivity contribution is 7.89. The molecule has 1 atom stereocenters. The summed E-state index contributed by atoms with van der Waals surface area (Å²) >= 11 is 0. The van der Waals surface area contributed by atoms with Crippen molar-refractivity contribution in [3.8, 4) is 5.75 Å². The van der Waals surface area contributed by atoms with E-state index in [1.54, 1.807) is 6.92 Å². The van der Waals surface area contributed by atoms with Crippen LogP contribution in [-0.2, 0) is 16.4 Å². The van der Waals surface area contributed by atoms with Gasteiger partial charge in [-0.3, -0.25) is 4.79 Å². The number of amides is 1. The summed E-state index contributed by atoms with van der Waals surface area (Å²) in [6, 6.07) is 12.0. The Labute approximate surface area is 160 Å². The second-order valence-corrected chi connectivity index (χ2v) is 8.20. The van der Waals surface area contributed by atoms with Crippen LogP contribution in [0.25, 0.3) is 0 Å². The van der Waals surface area contributed by atoms with E-state index in [-0.39, 0.29) is 22.4 Å². The van der Waals surface area contributed by atoms with Gasteiger partial charge in [-0.15, -0.1) is 0 Å². The van der Waals surface area contributed by atoms with Crippen molar-refractivity contribution >= 4 is 15.9 Å². The summed E-state index contributed by atoms with van der Waals surface area (Å²) in [4.78, 5) is 12.3. The normalized spacial score (nSPS) is 16.4. The Kier molecular flexibility index (Phi) is 5.82. The first-order chi connectivity index (χ1) is 13.0. The van der Waals surface area contributed by atoms with E-state index in [0.717, 1.165) is 24.8 Å². The number of carbonyl (C=O) groups excluding carboxylic acids is 1. The monoisotopic (exact) mass is 388 g/mol. The fourth-order valence-electron chi connectivity index (χ4n) is 3.42. The van der Waals surface area contributed by atoms with Crippen molar-refractivity contribution in [1.82, 2.24) is 10.0 Å². The minimum Gasteiger partial charge on any atom is -0.496 e. The van der Waals surface area contributed by atoms with Crippen LogP contribution in [0.1, 0.15) is 47.3 Å². The van der Waals surface area contributed by atoms with Gasteiger partial charge in [0.2, 0.25) is 10.0 Å². The van der Waals surface area contributed by atoms with Gasteiger partial charge in [-0.2, -0.15) is 0 Å². The predicted molar refractivity (Wildman–Crippen MR) is 103 cm³/mol. The molecule has 3 rings (SSSR count). The number of nitrogens with one attached hydrogen (secondary N) is 2. The molecule has 2 aromatic carbocycles. The van der Waals surface area contributed by atoms with Gasteiger partial charge in [-0.25, -0.2) is 13.1 Å². The zero-order chi connectivity index (χ0) is 19.4. The molecule has 1 aliphatic carbocycles. The van der Waals surface area contributed by atoms with Crippen molar-refractivity contribution in [2.75, 3.05) is 13.7 Å². The number of benzene rings is 2. The fourth-order valence-corrected chi connectivity index (χ4v) is 4.69. The third-order valence-corrected chi connectivity index (χ3v) is 6.20. The largest absolute Gasteiger partial charge is 0.496 e. The Bertz CT molecular complexity index is 941. The lowest BCUT2D eigenvalue weighted by molar-refractivity contribution is 0.0952. The molecular formula is C20H24N2O4S. The average Bonchev–Trinajstić information content (AvgIpc) is 2.67. The number of methoxy groups -OCH3 is 1. The van der Waals surface area contributed by atoms with Crippen LogP contribution in [0.5, 0.6) is 5.75 Å². The van der Waals surface area contributed by atoms with Crippen molar-refractivity contribution in [2.45, 2.75) is 37.1 Å². The summed E-state index contributed by atoms with van der Waals surface area (Å²) in [5.74, 6) is -0.0303. The maximum atomic E-state index is 13.0. The molecule has 1 aliphatic rings. The Hall–Kier alpha value is -2.38. The number of carbonyl (C=O) groups is 1. The second-order valence-electron chi connectivity index (χ2n) is 6.49. The van der Waals surface area contributed by atoms with E-state index in [0.29, 0.717) is 12.3 Å². The SMILES string of the molecule is CCNC(=O)c1cc(S(=O)(=O)N[C@H]2CCCc3ccccc32)ccc1OC. The molecule has 2 N–H and O–H groups in total. The second kappa shape index (κ2) is 8.10. The van der Waals surface area contributed by atoms with Crippen molar-refractivity contribution in [3.63, 3.8) is 0 Å². The van der Waals surface area contributed by atoms with Crippen LogP contribution in [-0.4, -0.2) is 28.0 Å². The lowest BCUT2D eigenvalue weighted by atomic mass is 9.88. The van der Waals surface area contributed by atoms with Gasteiger partial charge in [0.05, 0.1) is 17.6 Å². The smallest absolute Gasteiger partial charge is 0.255 e. The average molecular weight is 388 g/mol. The maximum Gasteiger partial charge on any atom is 0.255 e. The topological polar surface area (TPSA) is 84.5 Å². The van der Waals surface area contributed by atoms with E-state index in [1.165, 1.54) is 30.9 Å². The standard InChI is InChI=1S/C20H24N2O4S/c1-3-21-20(23)17-13-15(11-12-19(17)26-2)27(24,25)22-18-10-6-8-14-7-4-5-9-16(14)18/h4-5,7,9,11-13,18,22H,3,6,8,10H2,1-2H3,(H,21,23)/t18-/m0/s1. The zero-order valence-corrected chi connectivity index (χ0v) is 16.3. The summed E-state index contributed by atoms with van der Waals surface area (Å²) in [5.41, 5.74) is 2.39. The third-order valence-electron chi connectivity index (χ3n) is 4.73. The molecule has 0 fully saturated rings. The van der Waals surface area contributed by atoms with Gasteiger partial charge in [0, 0.05) is 12.6 Å². The minimum atomic E-state index is -3.78. The van der Waals surface area contributed by atoms with Gasteiger partial charge in [0.15, 0.2) is 0 Å². The number of aryl methyl sites for hydroxylation is 1. The quantitative estimate of drug-likeness (QED) is 0.797. The van der Waals surface area contributed by atoms with Crippen LogP contribution < -0.4 is 14.8 Å². The molecule has 0 bridgehead atoms. The highest BCUT2D eigenvalue weighted by Crippen LogP contribution is 2.31. The van der Waals surface area contributed by atoms with E-state index < -0.39 is 10.0 Å². The van der Waals surface area contributed by atoms with Crippen LogP contribution in [0.2, 0.25) is 0 Å². The first-order valence-corrected chi connectivity index (χ1v) is 10.5. The molecule has 0 spiro atoms. The minimum absolute atomic E-state index is 0.0487. The molecule has 144 valence electrons. The Morgan fingerprint density at radius 1 is 1.22 bits per heavy atom. The van der Waals surface area contributed by atoms with Crippen molar-refractivity contribution in [1.29, 1.82) is 0 Å². The van der Waals surface area contributed by atoms with E-state index >= 15 is 0 Å². The first-order valence-electron chi connectivity index (χ1n) is 9.02. The number of rotatable bonds is 6. The highest BCUT2D eigenvalue weighted by Gasteiger charge is 2.26. The Balaban J connectivity index is 1.92. The summed E-state index contributed by atoms with van der Waals surface area (Å²) in [7, 11) is -2.34. The molecular weight excluding hydrogens is 364 g/mol. The summed E-state index contributed by atoms with van der Waals surface area (Å²) in [5, 5.41) is 2.68. The number of sulfonamides is 1. The van der Waals surface area contributed by atoms with Gasteiger partial charge in [0.25, 0.3) is 5.91 Å². The van der Waals surface area contributed by atoms with E-state index in [4.69, 9.17) is 4.74 Å². The Morgan fingerprint density at radius 2 is 2.00 bits per heavy atom. The van der Waals surface area contributed by atoms with Gasteiger partial charge < -0.3 is 10.1 Å². The summed E-state index contributed by atoms with van der Waals surface area (Å²) < 4.78 is 33.9. The molecule has 0 aliphatic heterocycles. The van der Waals surface area contributed by atoms with Gasteiger partial charge >= 0.3 is 0 Å². The molecule has 0 aromatic heterocycles. The predicted octanol–water partition coefficient (Wildman–Crippen LogP) is 2.80. The van der Waals surface area contributed by atoms with Crippen molar-refractivity contribution in [3.05, 3.63) is 59.2 Å². The molecule has 0 radical (unpaired) electrons. The molecule has 27 heavy (non-hydrogen) atoms. The number of fused-ring (bicyclic) bond motifs is 1. The lowest BCUT2D eigenvalue weighted by Crippen LogP contribution is -2.31. The van der Waals surface area contributed by atoms with Crippen molar-refractivity contribution < 1.29 is 17.9 Å². The molecule has 0 heterocycles. The summed E-state index contributed by atoms with van der Waals surface area (Å²) in [6.07, 6.45) is 2.63. The number of hydrogen-bond acceptors (Lipinski definition) is 4. The zero-order valence-electron chi connectivity index (χ0n) is 15.5. The van der Waals surface area contributed by atoms with Crippen LogP contribution >= 0.6 is 0 Å². The van der Waals surface area contributed by atoms with Crippen LogP contribution in [0.3, 0.4) is 0 Å². The van der Waals surface area contributed by atoms with Gasteiger partial charge in [-0.05, 0) is 55.5 Å². The molecule has 0 saturated carbocycles. The molecule has 6 nitrogen and oxygen atoms in total. The van der Waals surface area contributed by atoms with Crippen LogP contribution in [0.15, 0.2) is 47.4 Å².